The third kappa shape index (κ3) is 5.64. The number of hydrogen-bond acceptors (Lipinski definition) is 2. The molecule has 0 saturated heterocycles. The lowest BCUT2D eigenvalue weighted by atomic mass is 9.92. The van der Waals surface area contributed by atoms with E-state index in [0.717, 1.165) is 19.6 Å². The zero-order valence-electron chi connectivity index (χ0n) is 13.8. The van der Waals surface area contributed by atoms with Gasteiger partial charge in [0.2, 0.25) is 0 Å². The van der Waals surface area contributed by atoms with Gasteiger partial charge in [-0.15, -0.1) is 0 Å². The van der Waals surface area contributed by atoms with Crippen molar-refractivity contribution in [2.24, 2.45) is 5.92 Å². The van der Waals surface area contributed by atoms with Gasteiger partial charge in [-0.2, -0.15) is 0 Å². The second-order valence-corrected chi connectivity index (χ2v) is 6.02. The van der Waals surface area contributed by atoms with Gasteiger partial charge in [0.05, 0.1) is 0 Å². The van der Waals surface area contributed by atoms with E-state index in [1.807, 2.05) is 0 Å². The van der Waals surface area contributed by atoms with E-state index in [4.69, 9.17) is 4.74 Å². The van der Waals surface area contributed by atoms with E-state index in [-0.39, 0.29) is 0 Å². The molecule has 1 N–H and O–H groups in total. The van der Waals surface area contributed by atoms with Crippen LogP contribution in [0.25, 0.3) is 0 Å². The first kappa shape index (κ1) is 17.2. The Morgan fingerprint density at radius 3 is 2.40 bits per heavy atom. The Morgan fingerprint density at radius 1 is 1.20 bits per heavy atom. The van der Waals surface area contributed by atoms with Crippen LogP contribution in [0.1, 0.15) is 43.4 Å². The van der Waals surface area contributed by atoms with E-state index in [9.17, 15) is 0 Å². The van der Waals surface area contributed by atoms with Gasteiger partial charge in [-0.1, -0.05) is 32.0 Å². The molecule has 2 unspecified atom stereocenters. The van der Waals surface area contributed by atoms with Gasteiger partial charge in [0.15, 0.2) is 0 Å². The minimum Gasteiger partial charge on any atom is -0.384 e. The van der Waals surface area contributed by atoms with E-state index in [0.29, 0.717) is 12.0 Å². The Balaban J connectivity index is 2.72. The van der Waals surface area contributed by atoms with E-state index in [1.54, 1.807) is 7.11 Å². The predicted molar refractivity (Wildman–Crippen MR) is 87.4 cm³/mol. The molecule has 0 aromatic heterocycles. The van der Waals surface area contributed by atoms with Crippen molar-refractivity contribution in [2.45, 2.75) is 53.0 Å². The number of aryl methyl sites for hydroxylation is 2. The summed E-state index contributed by atoms with van der Waals surface area (Å²) in [5, 5.41) is 3.71. The van der Waals surface area contributed by atoms with Crippen LogP contribution in [0, 0.1) is 19.8 Å². The summed E-state index contributed by atoms with van der Waals surface area (Å²) in [6.45, 7) is 10.9. The Kier molecular flexibility index (Phi) is 7.86. The van der Waals surface area contributed by atoms with Crippen LogP contribution in [0.15, 0.2) is 18.2 Å². The minimum atomic E-state index is 0.542. The average Bonchev–Trinajstić information content (AvgIpc) is 2.40. The molecule has 0 saturated carbocycles. The zero-order chi connectivity index (χ0) is 15.0. The lowest BCUT2D eigenvalue weighted by molar-refractivity contribution is 0.149. The SMILES string of the molecule is CCCNC(Cc1c(C)cccc1C)CC(C)COC. The predicted octanol–water partition coefficient (Wildman–Crippen LogP) is 3.89. The highest BCUT2D eigenvalue weighted by molar-refractivity contribution is 5.34. The van der Waals surface area contributed by atoms with Crippen LogP contribution in [0.4, 0.5) is 0 Å². The summed E-state index contributed by atoms with van der Waals surface area (Å²) < 4.78 is 5.28. The molecule has 1 rings (SSSR count). The van der Waals surface area contributed by atoms with Crippen molar-refractivity contribution in [1.82, 2.24) is 5.32 Å². The maximum absolute atomic E-state index is 5.28. The number of ether oxygens (including phenoxy) is 1. The normalized spacial score (nSPS) is 14.2. The van der Waals surface area contributed by atoms with Gasteiger partial charge in [0, 0.05) is 19.8 Å². The van der Waals surface area contributed by atoms with Crippen LogP contribution >= 0.6 is 0 Å². The highest BCUT2D eigenvalue weighted by Crippen LogP contribution is 2.18. The molecule has 0 radical (unpaired) electrons. The Morgan fingerprint density at radius 2 is 1.85 bits per heavy atom. The molecule has 114 valence electrons. The fraction of sp³-hybridized carbons (Fsp3) is 0.667. The monoisotopic (exact) mass is 277 g/mol. The molecule has 0 aliphatic rings. The number of methoxy groups -OCH3 is 1. The fourth-order valence-electron chi connectivity index (χ4n) is 2.84. The number of benzene rings is 1. The molecule has 2 atom stereocenters. The van der Waals surface area contributed by atoms with Gasteiger partial charge < -0.3 is 10.1 Å². The van der Waals surface area contributed by atoms with Gasteiger partial charge in [0.1, 0.15) is 0 Å². The summed E-state index contributed by atoms with van der Waals surface area (Å²) in [6, 6.07) is 7.13. The van der Waals surface area contributed by atoms with Crippen molar-refractivity contribution in [1.29, 1.82) is 0 Å². The largest absolute Gasteiger partial charge is 0.384 e. The van der Waals surface area contributed by atoms with Crippen LogP contribution in [0.5, 0.6) is 0 Å². The van der Waals surface area contributed by atoms with Crippen LogP contribution in [0.2, 0.25) is 0 Å². The van der Waals surface area contributed by atoms with Crippen LogP contribution in [-0.2, 0) is 11.2 Å². The first-order chi connectivity index (χ1) is 9.58. The lowest BCUT2D eigenvalue weighted by Gasteiger charge is -2.24. The molecule has 0 amide bonds. The first-order valence-corrected chi connectivity index (χ1v) is 7.85. The lowest BCUT2D eigenvalue weighted by Crippen LogP contribution is -2.34. The molecule has 0 heterocycles. The molecule has 20 heavy (non-hydrogen) atoms. The average molecular weight is 277 g/mol. The molecule has 2 heteroatoms. The molecule has 0 fully saturated rings. The molecular formula is C18H31NO. The van der Waals surface area contributed by atoms with E-state index in [2.05, 4.69) is 51.2 Å². The van der Waals surface area contributed by atoms with Crippen molar-refractivity contribution >= 4 is 0 Å². The smallest absolute Gasteiger partial charge is 0.0488 e. The molecule has 0 aliphatic heterocycles. The summed E-state index contributed by atoms with van der Waals surface area (Å²) in [5.41, 5.74) is 4.33. The second kappa shape index (κ2) is 9.15. The van der Waals surface area contributed by atoms with Crippen molar-refractivity contribution in [2.75, 3.05) is 20.3 Å². The van der Waals surface area contributed by atoms with Gasteiger partial charge in [0.25, 0.3) is 0 Å². The van der Waals surface area contributed by atoms with Gasteiger partial charge in [-0.05, 0) is 62.3 Å². The summed E-state index contributed by atoms with van der Waals surface area (Å²) >= 11 is 0. The van der Waals surface area contributed by atoms with Gasteiger partial charge in [-0.25, -0.2) is 0 Å². The Bertz CT molecular complexity index is 369. The molecular weight excluding hydrogens is 246 g/mol. The summed E-state index contributed by atoms with van der Waals surface area (Å²) in [7, 11) is 1.79. The fourth-order valence-corrected chi connectivity index (χ4v) is 2.84. The van der Waals surface area contributed by atoms with Crippen molar-refractivity contribution < 1.29 is 4.74 Å². The topological polar surface area (TPSA) is 21.3 Å². The van der Waals surface area contributed by atoms with Crippen LogP contribution in [-0.4, -0.2) is 26.3 Å². The van der Waals surface area contributed by atoms with Gasteiger partial charge in [-0.3, -0.25) is 0 Å². The van der Waals surface area contributed by atoms with Crippen LogP contribution < -0.4 is 5.32 Å². The third-order valence-corrected chi connectivity index (χ3v) is 3.92. The van der Waals surface area contributed by atoms with Crippen molar-refractivity contribution in [3.05, 3.63) is 34.9 Å². The van der Waals surface area contributed by atoms with Crippen LogP contribution in [0.3, 0.4) is 0 Å². The van der Waals surface area contributed by atoms with Crippen molar-refractivity contribution in [3.8, 4) is 0 Å². The standard InChI is InChI=1S/C18H31NO/c1-6-10-19-17(11-14(2)13-20-5)12-18-15(3)8-7-9-16(18)4/h7-9,14,17,19H,6,10-13H2,1-5H3. The van der Waals surface area contributed by atoms with E-state index >= 15 is 0 Å². The third-order valence-electron chi connectivity index (χ3n) is 3.92. The summed E-state index contributed by atoms with van der Waals surface area (Å²) in [6.07, 6.45) is 3.47. The maximum atomic E-state index is 5.28. The van der Waals surface area contributed by atoms with E-state index < -0.39 is 0 Å². The molecule has 0 bridgehead atoms. The van der Waals surface area contributed by atoms with E-state index in [1.165, 1.54) is 29.5 Å². The number of nitrogens with one attached hydrogen (secondary N) is 1. The number of rotatable bonds is 9. The zero-order valence-corrected chi connectivity index (χ0v) is 13.8. The highest BCUT2D eigenvalue weighted by atomic mass is 16.5. The molecule has 1 aromatic carbocycles. The highest BCUT2D eigenvalue weighted by Gasteiger charge is 2.15. The number of hydrogen-bond donors (Lipinski definition) is 1. The first-order valence-electron chi connectivity index (χ1n) is 7.85. The second-order valence-electron chi connectivity index (χ2n) is 6.02. The summed E-state index contributed by atoms with van der Waals surface area (Å²) in [4.78, 5) is 0. The Labute approximate surface area is 124 Å². The molecule has 1 aromatic rings. The quantitative estimate of drug-likeness (QED) is 0.739. The minimum absolute atomic E-state index is 0.542. The molecule has 0 aliphatic carbocycles. The van der Waals surface area contributed by atoms with Crippen molar-refractivity contribution in [3.63, 3.8) is 0 Å². The summed E-state index contributed by atoms with van der Waals surface area (Å²) in [5.74, 6) is 0.596. The maximum Gasteiger partial charge on any atom is 0.0488 e. The van der Waals surface area contributed by atoms with Gasteiger partial charge >= 0.3 is 0 Å². The molecule has 0 spiro atoms. The Hall–Kier alpha value is -0.860. The molecule has 2 nitrogen and oxygen atoms in total.